The number of nitrogens with one attached hydrogen (secondary N) is 2. The van der Waals surface area contributed by atoms with Crippen molar-refractivity contribution in [1.82, 2.24) is 29.5 Å². The number of hydrogen-bond acceptors (Lipinski definition) is 5. The molecule has 0 radical (unpaired) electrons. The lowest BCUT2D eigenvalue weighted by molar-refractivity contribution is 0.141. The molecule has 7 heteroatoms. The van der Waals surface area contributed by atoms with E-state index in [1.54, 1.807) is 0 Å². The van der Waals surface area contributed by atoms with E-state index in [9.17, 15) is 0 Å². The van der Waals surface area contributed by atoms with E-state index in [0.29, 0.717) is 11.5 Å². The maximum atomic E-state index is 4.90. The Labute approximate surface area is 175 Å². The van der Waals surface area contributed by atoms with Gasteiger partial charge < -0.3 is 10.6 Å². The second kappa shape index (κ2) is 6.67. The average molecular weight is 400 g/mol. The Hall–Kier alpha value is -3.19. The van der Waals surface area contributed by atoms with Gasteiger partial charge in [0.2, 0.25) is 0 Å². The Morgan fingerprint density at radius 3 is 2.83 bits per heavy atom. The summed E-state index contributed by atoms with van der Waals surface area (Å²) >= 11 is 0. The number of nitrogens with zero attached hydrogens (tertiary/aromatic N) is 5. The molecule has 30 heavy (non-hydrogen) atoms. The second-order valence-electron chi connectivity index (χ2n) is 8.78. The van der Waals surface area contributed by atoms with Crippen LogP contribution in [0.4, 0.5) is 5.82 Å². The molecule has 1 saturated heterocycles. The zero-order valence-electron chi connectivity index (χ0n) is 17.0. The van der Waals surface area contributed by atoms with E-state index in [1.807, 2.05) is 36.4 Å². The standard InChI is InChI=1S/C23H25N7/c1-29-13-17(11-26-29)16-5-6-22-25-12-20(30(22)14-16)19-3-2-4-21(28-19)27-18-9-23(10-18)7-8-24-15-23/h2-6,11-14,18,24H,7-10,15H2,1H3,(H,27,28). The van der Waals surface area contributed by atoms with Crippen LogP contribution in [0.3, 0.4) is 0 Å². The summed E-state index contributed by atoms with van der Waals surface area (Å²) in [6, 6.07) is 10.8. The van der Waals surface area contributed by atoms with Gasteiger partial charge in [-0.05, 0) is 55.5 Å². The van der Waals surface area contributed by atoms with Gasteiger partial charge in [-0.3, -0.25) is 9.08 Å². The van der Waals surface area contributed by atoms with E-state index < -0.39 is 0 Å². The first-order chi connectivity index (χ1) is 14.7. The molecule has 0 unspecified atom stereocenters. The number of rotatable bonds is 4. The molecule has 2 aliphatic rings. The maximum absolute atomic E-state index is 4.90. The lowest BCUT2D eigenvalue weighted by atomic mass is 9.65. The van der Waals surface area contributed by atoms with Gasteiger partial charge in [-0.1, -0.05) is 6.07 Å². The van der Waals surface area contributed by atoms with Gasteiger partial charge in [0.25, 0.3) is 0 Å². The van der Waals surface area contributed by atoms with Gasteiger partial charge in [0, 0.05) is 43.2 Å². The van der Waals surface area contributed by atoms with Crippen molar-refractivity contribution in [3.63, 3.8) is 0 Å². The summed E-state index contributed by atoms with van der Waals surface area (Å²) in [5, 5.41) is 11.4. The minimum atomic E-state index is 0.520. The smallest absolute Gasteiger partial charge is 0.137 e. The van der Waals surface area contributed by atoms with Crippen LogP contribution in [-0.4, -0.2) is 43.3 Å². The zero-order chi connectivity index (χ0) is 20.1. The normalized spacial score (nSPS) is 23.2. The first-order valence-corrected chi connectivity index (χ1v) is 10.6. The minimum Gasteiger partial charge on any atom is -0.367 e. The summed E-state index contributed by atoms with van der Waals surface area (Å²) < 4.78 is 3.92. The summed E-state index contributed by atoms with van der Waals surface area (Å²) in [6.07, 6.45) is 11.7. The molecule has 4 aromatic heterocycles. The molecule has 152 valence electrons. The van der Waals surface area contributed by atoms with Crippen molar-refractivity contribution in [3.8, 4) is 22.5 Å². The summed E-state index contributed by atoms with van der Waals surface area (Å²) in [4.78, 5) is 9.48. The first-order valence-electron chi connectivity index (χ1n) is 10.6. The first kappa shape index (κ1) is 17.7. The highest BCUT2D eigenvalue weighted by molar-refractivity contribution is 5.67. The highest BCUT2D eigenvalue weighted by Gasteiger charge is 2.45. The minimum absolute atomic E-state index is 0.520. The van der Waals surface area contributed by atoms with Crippen LogP contribution >= 0.6 is 0 Å². The predicted molar refractivity (Wildman–Crippen MR) is 117 cm³/mol. The van der Waals surface area contributed by atoms with Crippen molar-refractivity contribution >= 4 is 11.5 Å². The Balaban J connectivity index is 1.28. The fourth-order valence-corrected chi connectivity index (χ4v) is 5.01. The highest BCUT2D eigenvalue weighted by atomic mass is 15.2. The number of fused-ring (bicyclic) bond motifs is 1. The largest absolute Gasteiger partial charge is 0.367 e. The monoisotopic (exact) mass is 399 g/mol. The third kappa shape index (κ3) is 2.97. The number of anilines is 1. The van der Waals surface area contributed by atoms with Crippen molar-refractivity contribution in [2.24, 2.45) is 12.5 Å². The van der Waals surface area contributed by atoms with E-state index in [4.69, 9.17) is 4.98 Å². The number of hydrogen-bond donors (Lipinski definition) is 2. The van der Waals surface area contributed by atoms with E-state index >= 15 is 0 Å². The third-order valence-corrected chi connectivity index (χ3v) is 6.60. The predicted octanol–water partition coefficient (Wildman–Crippen LogP) is 3.35. The molecule has 0 aromatic carbocycles. The quantitative estimate of drug-likeness (QED) is 0.551. The van der Waals surface area contributed by atoms with Crippen molar-refractivity contribution < 1.29 is 0 Å². The topological polar surface area (TPSA) is 72.1 Å². The number of pyridine rings is 2. The molecular formula is C23H25N7. The molecule has 0 atom stereocenters. The molecule has 7 nitrogen and oxygen atoms in total. The summed E-state index contributed by atoms with van der Waals surface area (Å²) in [5.74, 6) is 0.941. The van der Waals surface area contributed by atoms with Crippen molar-refractivity contribution in [2.75, 3.05) is 18.4 Å². The Kier molecular flexibility index (Phi) is 3.92. The van der Waals surface area contributed by atoms with Crippen LogP contribution in [0.5, 0.6) is 0 Å². The molecule has 1 spiro atoms. The van der Waals surface area contributed by atoms with Crippen LogP contribution in [0.2, 0.25) is 0 Å². The molecule has 5 heterocycles. The van der Waals surface area contributed by atoms with Gasteiger partial charge in [0.15, 0.2) is 0 Å². The molecule has 4 aromatic rings. The molecule has 0 bridgehead atoms. The molecule has 2 fully saturated rings. The number of aryl methyl sites for hydroxylation is 1. The van der Waals surface area contributed by atoms with Crippen LogP contribution < -0.4 is 10.6 Å². The fraction of sp³-hybridized carbons (Fsp3) is 0.348. The lowest BCUT2D eigenvalue weighted by Crippen LogP contribution is -2.46. The van der Waals surface area contributed by atoms with E-state index in [-0.39, 0.29) is 0 Å². The molecule has 0 amide bonds. The zero-order valence-corrected chi connectivity index (χ0v) is 17.0. The van der Waals surface area contributed by atoms with Gasteiger partial charge >= 0.3 is 0 Å². The van der Waals surface area contributed by atoms with Gasteiger partial charge in [-0.25, -0.2) is 9.97 Å². The lowest BCUT2D eigenvalue weighted by Gasteiger charge is -2.45. The number of aromatic nitrogens is 5. The van der Waals surface area contributed by atoms with Gasteiger partial charge in [0.1, 0.15) is 11.5 Å². The summed E-state index contributed by atoms with van der Waals surface area (Å²) in [5.41, 5.74) is 5.54. The maximum Gasteiger partial charge on any atom is 0.137 e. The van der Waals surface area contributed by atoms with Crippen LogP contribution in [-0.2, 0) is 7.05 Å². The van der Waals surface area contributed by atoms with Crippen molar-refractivity contribution in [2.45, 2.75) is 25.3 Å². The van der Waals surface area contributed by atoms with E-state index in [1.165, 1.54) is 25.8 Å². The molecule has 1 saturated carbocycles. The fourth-order valence-electron chi connectivity index (χ4n) is 5.01. The second-order valence-corrected chi connectivity index (χ2v) is 8.78. The molecule has 1 aliphatic heterocycles. The average Bonchev–Trinajstić information content (AvgIpc) is 3.46. The highest BCUT2D eigenvalue weighted by Crippen LogP contribution is 2.46. The van der Waals surface area contributed by atoms with E-state index in [0.717, 1.165) is 40.5 Å². The molecular weight excluding hydrogens is 374 g/mol. The Morgan fingerprint density at radius 2 is 2.03 bits per heavy atom. The molecule has 1 aliphatic carbocycles. The van der Waals surface area contributed by atoms with Crippen LogP contribution in [0.15, 0.2) is 55.1 Å². The van der Waals surface area contributed by atoms with E-state index in [2.05, 4.69) is 55.6 Å². The molecule has 2 N–H and O–H groups in total. The van der Waals surface area contributed by atoms with Crippen molar-refractivity contribution in [3.05, 3.63) is 55.1 Å². The Bertz CT molecular complexity index is 1210. The van der Waals surface area contributed by atoms with Gasteiger partial charge in [-0.2, -0.15) is 5.10 Å². The van der Waals surface area contributed by atoms with Crippen LogP contribution in [0.25, 0.3) is 28.2 Å². The van der Waals surface area contributed by atoms with Gasteiger partial charge in [-0.15, -0.1) is 0 Å². The Morgan fingerprint density at radius 1 is 1.10 bits per heavy atom. The third-order valence-electron chi connectivity index (χ3n) is 6.60. The van der Waals surface area contributed by atoms with Crippen molar-refractivity contribution in [1.29, 1.82) is 0 Å². The molecule has 6 rings (SSSR count). The SMILES string of the molecule is Cn1cc(-c2ccc3ncc(-c4cccc(NC5CC6(CCNC6)C5)n4)n3c2)cn1. The summed E-state index contributed by atoms with van der Waals surface area (Å²) in [6.45, 7) is 2.33. The number of imidazole rings is 1. The summed E-state index contributed by atoms with van der Waals surface area (Å²) in [7, 11) is 1.93. The van der Waals surface area contributed by atoms with Crippen LogP contribution in [0.1, 0.15) is 19.3 Å². The van der Waals surface area contributed by atoms with Gasteiger partial charge in [0.05, 0.1) is 23.8 Å². The van der Waals surface area contributed by atoms with Crippen LogP contribution in [0, 0.1) is 5.41 Å².